The molecule has 0 aliphatic carbocycles. The smallest absolute Gasteiger partial charge is 0.260 e. The highest BCUT2D eigenvalue weighted by Gasteiger charge is 2.27. The summed E-state index contributed by atoms with van der Waals surface area (Å²) in [6.45, 7) is 4.86. The second kappa shape index (κ2) is 9.64. The number of carbonyl (C=O) groups excluding carboxylic acids is 1. The number of morpholine rings is 1. The van der Waals surface area contributed by atoms with Gasteiger partial charge in [-0.2, -0.15) is 4.31 Å². The Labute approximate surface area is 196 Å². The SMILES string of the molecule is CSc1nc(-c2ccco2)nc(C)c1C(=O)Nc1cc(S(=O)(=O)N2CCOCC2)ccc1C. The summed E-state index contributed by atoms with van der Waals surface area (Å²) in [4.78, 5) is 22.3. The van der Waals surface area contributed by atoms with Gasteiger partial charge in [-0.05, 0) is 49.9 Å². The summed E-state index contributed by atoms with van der Waals surface area (Å²) in [5.74, 6) is 0.497. The van der Waals surface area contributed by atoms with Crippen LogP contribution in [-0.2, 0) is 14.8 Å². The molecule has 1 aromatic carbocycles. The van der Waals surface area contributed by atoms with E-state index in [0.29, 0.717) is 59.9 Å². The van der Waals surface area contributed by atoms with E-state index in [9.17, 15) is 13.2 Å². The normalized spacial score (nSPS) is 14.9. The number of hydrogen-bond donors (Lipinski definition) is 1. The summed E-state index contributed by atoms with van der Waals surface area (Å²) in [6.07, 6.45) is 3.36. The molecule has 1 aliphatic rings. The summed E-state index contributed by atoms with van der Waals surface area (Å²) in [6, 6.07) is 8.22. The van der Waals surface area contributed by atoms with Gasteiger partial charge in [-0.3, -0.25) is 4.79 Å². The summed E-state index contributed by atoms with van der Waals surface area (Å²) in [5.41, 5.74) is 1.98. The fourth-order valence-corrected chi connectivity index (χ4v) is 5.55. The fourth-order valence-electron chi connectivity index (χ4n) is 3.49. The molecule has 33 heavy (non-hydrogen) atoms. The molecule has 4 rings (SSSR count). The number of carbonyl (C=O) groups is 1. The van der Waals surface area contributed by atoms with E-state index in [1.807, 2.05) is 6.26 Å². The lowest BCUT2D eigenvalue weighted by Gasteiger charge is -2.26. The molecule has 0 atom stereocenters. The largest absolute Gasteiger partial charge is 0.461 e. The zero-order valence-electron chi connectivity index (χ0n) is 18.5. The second-order valence-electron chi connectivity index (χ2n) is 7.44. The predicted octanol–water partition coefficient (Wildman–Crippen LogP) is 3.35. The number of nitrogens with one attached hydrogen (secondary N) is 1. The van der Waals surface area contributed by atoms with E-state index in [1.165, 1.54) is 28.4 Å². The van der Waals surface area contributed by atoms with Gasteiger partial charge >= 0.3 is 0 Å². The van der Waals surface area contributed by atoms with Crippen molar-refractivity contribution in [2.75, 3.05) is 37.9 Å². The quantitative estimate of drug-likeness (QED) is 0.415. The Hall–Kier alpha value is -2.73. The maximum absolute atomic E-state index is 13.2. The zero-order chi connectivity index (χ0) is 23.6. The van der Waals surface area contributed by atoms with Crippen molar-refractivity contribution in [2.24, 2.45) is 0 Å². The number of hydrogen-bond acceptors (Lipinski definition) is 8. The molecule has 1 N–H and O–H groups in total. The number of amides is 1. The Kier molecular flexibility index (Phi) is 6.84. The van der Waals surface area contributed by atoms with Crippen LogP contribution >= 0.6 is 11.8 Å². The van der Waals surface area contributed by atoms with Crippen molar-refractivity contribution >= 4 is 33.4 Å². The lowest BCUT2D eigenvalue weighted by molar-refractivity contribution is 0.0730. The first-order valence-corrected chi connectivity index (χ1v) is 12.9. The van der Waals surface area contributed by atoms with Gasteiger partial charge in [-0.15, -0.1) is 11.8 Å². The molecule has 0 saturated carbocycles. The highest BCUT2D eigenvalue weighted by Crippen LogP contribution is 2.28. The zero-order valence-corrected chi connectivity index (χ0v) is 20.1. The number of rotatable bonds is 6. The van der Waals surface area contributed by atoms with Crippen molar-refractivity contribution in [3.05, 3.63) is 53.4 Å². The number of sulfonamides is 1. The molecule has 2 aromatic heterocycles. The van der Waals surface area contributed by atoms with Crippen LogP contribution in [-0.4, -0.2) is 61.2 Å². The molecule has 1 fully saturated rings. The van der Waals surface area contributed by atoms with Crippen LogP contribution in [0.4, 0.5) is 5.69 Å². The number of benzene rings is 1. The molecule has 1 amide bonds. The average Bonchev–Trinajstić information content (AvgIpc) is 3.35. The van der Waals surface area contributed by atoms with E-state index in [1.54, 1.807) is 38.1 Å². The molecule has 0 spiro atoms. The monoisotopic (exact) mass is 488 g/mol. The van der Waals surface area contributed by atoms with Crippen LogP contribution in [0.25, 0.3) is 11.6 Å². The third-order valence-electron chi connectivity index (χ3n) is 5.28. The van der Waals surface area contributed by atoms with Crippen LogP contribution in [0.1, 0.15) is 21.6 Å². The molecule has 9 nitrogen and oxygen atoms in total. The van der Waals surface area contributed by atoms with Gasteiger partial charge in [0, 0.05) is 18.8 Å². The number of furan rings is 1. The molecular weight excluding hydrogens is 464 g/mol. The molecule has 1 aliphatic heterocycles. The van der Waals surface area contributed by atoms with Crippen LogP contribution in [0.15, 0.2) is 50.9 Å². The van der Waals surface area contributed by atoms with E-state index in [-0.39, 0.29) is 4.90 Å². The van der Waals surface area contributed by atoms with Crippen molar-refractivity contribution in [3.8, 4) is 11.6 Å². The fraction of sp³-hybridized carbons (Fsp3) is 0.318. The van der Waals surface area contributed by atoms with Gasteiger partial charge in [0.1, 0.15) is 5.03 Å². The van der Waals surface area contributed by atoms with Crippen LogP contribution in [0.5, 0.6) is 0 Å². The van der Waals surface area contributed by atoms with Gasteiger partial charge in [-0.1, -0.05) is 6.07 Å². The number of ether oxygens (including phenoxy) is 1. The third-order valence-corrected chi connectivity index (χ3v) is 7.86. The predicted molar refractivity (Wildman–Crippen MR) is 125 cm³/mol. The molecule has 0 unspecified atom stereocenters. The highest BCUT2D eigenvalue weighted by atomic mass is 32.2. The molecule has 3 aromatic rings. The number of aromatic nitrogens is 2. The van der Waals surface area contributed by atoms with Gasteiger partial charge in [-0.25, -0.2) is 18.4 Å². The van der Waals surface area contributed by atoms with E-state index in [4.69, 9.17) is 9.15 Å². The molecular formula is C22H24N4O5S2. The van der Waals surface area contributed by atoms with Gasteiger partial charge in [0.25, 0.3) is 5.91 Å². The Morgan fingerprint density at radius 2 is 1.91 bits per heavy atom. The van der Waals surface area contributed by atoms with Crippen molar-refractivity contribution in [2.45, 2.75) is 23.8 Å². The number of aryl methyl sites for hydroxylation is 2. The molecule has 1 saturated heterocycles. The third kappa shape index (κ3) is 4.81. The molecule has 0 bridgehead atoms. The molecule has 174 valence electrons. The van der Waals surface area contributed by atoms with Gasteiger partial charge in [0.15, 0.2) is 11.6 Å². The lowest BCUT2D eigenvalue weighted by atomic mass is 10.1. The first-order valence-electron chi connectivity index (χ1n) is 10.3. The minimum atomic E-state index is -3.69. The van der Waals surface area contributed by atoms with Crippen LogP contribution in [0.2, 0.25) is 0 Å². The van der Waals surface area contributed by atoms with E-state index >= 15 is 0 Å². The van der Waals surface area contributed by atoms with Crippen molar-refractivity contribution in [1.29, 1.82) is 0 Å². The minimum absolute atomic E-state index is 0.122. The topological polar surface area (TPSA) is 115 Å². The minimum Gasteiger partial charge on any atom is -0.461 e. The lowest BCUT2D eigenvalue weighted by Crippen LogP contribution is -2.40. The van der Waals surface area contributed by atoms with Crippen LogP contribution < -0.4 is 5.32 Å². The molecule has 3 heterocycles. The van der Waals surface area contributed by atoms with Gasteiger partial charge in [0.05, 0.1) is 35.6 Å². The summed E-state index contributed by atoms with van der Waals surface area (Å²) >= 11 is 1.32. The van der Waals surface area contributed by atoms with E-state index in [2.05, 4.69) is 15.3 Å². The Balaban J connectivity index is 1.64. The number of anilines is 1. The summed E-state index contributed by atoms with van der Waals surface area (Å²) in [5, 5.41) is 3.35. The standard InChI is InChI=1S/C22H24N4O5S2/c1-14-6-7-16(33(28,29)26-8-11-30-12-9-26)13-17(14)24-21(27)19-15(2)23-20(25-22(19)32-3)18-5-4-10-31-18/h4-7,10,13H,8-9,11-12H2,1-3H3,(H,24,27). The maximum atomic E-state index is 13.2. The average molecular weight is 489 g/mol. The summed E-state index contributed by atoms with van der Waals surface area (Å²) < 4.78 is 38.1. The van der Waals surface area contributed by atoms with Crippen molar-refractivity contribution in [3.63, 3.8) is 0 Å². The number of thioether (sulfide) groups is 1. The van der Waals surface area contributed by atoms with Crippen LogP contribution in [0, 0.1) is 13.8 Å². The van der Waals surface area contributed by atoms with E-state index < -0.39 is 15.9 Å². The second-order valence-corrected chi connectivity index (χ2v) is 10.2. The van der Waals surface area contributed by atoms with Gasteiger partial charge < -0.3 is 14.5 Å². The van der Waals surface area contributed by atoms with Crippen molar-refractivity contribution < 1.29 is 22.4 Å². The molecule has 11 heteroatoms. The Bertz CT molecular complexity index is 1270. The Morgan fingerprint density at radius 3 is 2.58 bits per heavy atom. The maximum Gasteiger partial charge on any atom is 0.260 e. The number of nitrogens with zero attached hydrogens (tertiary/aromatic N) is 3. The first kappa shape index (κ1) is 23.4. The molecule has 0 radical (unpaired) electrons. The van der Waals surface area contributed by atoms with Crippen molar-refractivity contribution in [1.82, 2.24) is 14.3 Å². The summed E-state index contributed by atoms with van der Waals surface area (Å²) in [7, 11) is -3.69. The highest BCUT2D eigenvalue weighted by molar-refractivity contribution is 7.98. The first-order chi connectivity index (χ1) is 15.8. The Morgan fingerprint density at radius 1 is 1.15 bits per heavy atom. The van der Waals surface area contributed by atoms with Gasteiger partial charge in [0.2, 0.25) is 10.0 Å². The van der Waals surface area contributed by atoms with E-state index in [0.717, 1.165) is 5.56 Å². The van der Waals surface area contributed by atoms with Crippen LogP contribution in [0.3, 0.4) is 0 Å².